The maximum Gasteiger partial charge on any atom is 0.265 e. The van der Waals surface area contributed by atoms with Crippen molar-refractivity contribution in [3.05, 3.63) is 54.1 Å². The zero-order valence-electron chi connectivity index (χ0n) is 13.9. The quantitative estimate of drug-likeness (QED) is 0.869. The van der Waals surface area contributed by atoms with E-state index in [4.69, 9.17) is 4.74 Å². The minimum atomic E-state index is -0.122. The molecule has 0 bridgehead atoms. The van der Waals surface area contributed by atoms with Crippen LogP contribution in [0.4, 0.5) is 11.4 Å². The fourth-order valence-electron chi connectivity index (χ4n) is 2.73. The highest BCUT2D eigenvalue weighted by atomic mass is 16.5. The molecule has 0 saturated heterocycles. The van der Waals surface area contributed by atoms with Crippen molar-refractivity contribution in [2.45, 2.75) is 13.3 Å². The van der Waals surface area contributed by atoms with Crippen LogP contribution < -0.4 is 14.5 Å². The number of hydrogen-bond donors (Lipinski definition) is 0. The second-order valence-corrected chi connectivity index (χ2v) is 5.84. The van der Waals surface area contributed by atoms with Gasteiger partial charge in [0.1, 0.15) is 5.75 Å². The van der Waals surface area contributed by atoms with Crippen molar-refractivity contribution in [2.75, 3.05) is 30.0 Å². The van der Waals surface area contributed by atoms with E-state index in [1.54, 1.807) is 16.8 Å². The van der Waals surface area contributed by atoms with Crippen molar-refractivity contribution in [3.8, 4) is 5.75 Å². The Balaban J connectivity index is 1.71. The van der Waals surface area contributed by atoms with Gasteiger partial charge in [-0.05, 0) is 36.8 Å². The number of anilines is 2. The molecule has 1 aliphatic rings. The summed E-state index contributed by atoms with van der Waals surface area (Å²) >= 11 is 0. The Morgan fingerprint density at radius 2 is 1.96 bits per heavy atom. The SMILES string of the molecule is Cc1ccc2c(c1)N(CCC(=O)N(C)c1ccccc1)C(=O)CO2. The van der Waals surface area contributed by atoms with Crippen LogP contribution in [-0.2, 0) is 9.59 Å². The number of para-hydroxylation sites is 1. The van der Waals surface area contributed by atoms with Gasteiger partial charge in [-0.3, -0.25) is 9.59 Å². The average molecular weight is 324 g/mol. The van der Waals surface area contributed by atoms with Crippen LogP contribution >= 0.6 is 0 Å². The number of amides is 2. The van der Waals surface area contributed by atoms with E-state index in [-0.39, 0.29) is 24.8 Å². The number of rotatable bonds is 4. The molecule has 1 heterocycles. The predicted molar refractivity (Wildman–Crippen MR) is 93.5 cm³/mol. The molecule has 0 aliphatic carbocycles. The molecule has 24 heavy (non-hydrogen) atoms. The van der Waals surface area contributed by atoms with E-state index in [1.807, 2.05) is 55.5 Å². The molecular formula is C19H20N2O3. The Hall–Kier alpha value is -2.82. The summed E-state index contributed by atoms with van der Waals surface area (Å²) in [4.78, 5) is 27.9. The molecule has 124 valence electrons. The Morgan fingerprint density at radius 1 is 1.21 bits per heavy atom. The molecule has 0 N–H and O–H groups in total. The topological polar surface area (TPSA) is 49.9 Å². The highest BCUT2D eigenvalue weighted by Crippen LogP contribution is 2.32. The number of fused-ring (bicyclic) bond motifs is 1. The number of ether oxygens (including phenoxy) is 1. The summed E-state index contributed by atoms with van der Waals surface area (Å²) in [6.45, 7) is 2.32. The highest BCUT2D eigenvalue weighted by Gasteiger charge is 2.26. The number of benzene rings is 2. The van der Waals surface area contributed by atoms with Gasteiger partial charge in [-0.1, -0.05) is 24.3 Å². The minimum Gasteiger partial charge on any atom is -0.482 e. The molecule has 3 rings (SSSR count). The lowest BCUT2D eigenvalue weighted by Crippen LogP contribution is -2.41. The van der Waals surface area contributed by atoms with Gasteiger partial charge in [0.15, 0.2) is 6.61 Å². The molecule has 0 spiro atoms. The first-order valence-electron chi connectivity index (χ1n) is 7.91. The maximum absolute atomic E-state index is 12.4. The van der Waals surface area contributed by atoms with E-state index >= 15 is 0 Å². The summed E-state index contributed by atoms with van der Waals surface area (Å²) in [6.07, 6.45) is 0.254. The van der Waals surface area contributed by atoms with E-state index in [1.165, 1.54) is 0 Å². The van der Waals surface area contributed by atoms with Gasteiger partial charge in [0.2, 0.25) is 5.91 Å². The van der Waals surface area contributed by atoms with Crippen LogP contribution in [0.15, 0.2) is 48.5 Å². The molecular weight excluding hydrogens is 304 g/mol. The Kier molecular flexibility index (Phi) is 4.51. The van der Waals surface area contributed by atoms with E-state index < -0.39 is 0 Å². The lowest BCUT2D eigenvalue weighted by molar-refractivity contribution is -0.121. The standard InChI is InChI=1S/C19H20N2O3/c1-14-8-9-17-16(12-14)21(19(23)13-24-17)11-10-18(22)20(2)15-6-4-3-5-7-15/h3-9,12H,10-11,13H2,1-2H3. The molecule has 2 aromatic carbocycles. The normalized spacial score (nSPS) is 13.2. The van der Waals surface area contributed by atoms with Crippen molar-refractivity contribution in [1.29, 1.82) is 0 Å². The second-order valence-electron chi connectivity index (χ2n) is 5.84. The van der Waals surface area contributed by atoms with Crippen molar-refractivity contribution in [3.63, 3.8) is 0 Å². The first kappa shape index (κ1) is 16.1. The molecule has 5 heteroatoms. The smallest absolute Gasteiger partial charge is 0.265 e. The number of aryl methyl sites for hydroxylation is 1. The fraction of sp³-hybridized carbons (Fsp3) is 0.263. The molecule has 0 fully saturated rings. The molecule has 0 atom stereocenters. The molecule has 0 saturated carbocycles. The summed E-state index contributed by atoms with van der Waals surface area (Å²) in [6, 6.07) is 15.2. The maximum atomic E-state index is 12.4. The third kappa shape index (κ3) is 3.25. The number of nitrogens with zero attached hydrogens (tertiary/aromatic N) is 2. The van der Waals surface area contributed by atoms with Crippen molar-refractivity contribution >= 4 is 23.2 Å². The van der Waals surface area contributed by atoms with Crippen LogP contribution in [0, 0.1) is 6.92 Å². The van der Waals surface area contributed by atoms with E-state index in [2.05, 4.69) is 0 Å². The first-order valence-corrected chi connectivity index (χ1v) is 7.91. The van der Waals surface area contributed by atoms with Crippen LogP contribution in [0.2, 0.25) is 0 Å². The molecule has 0 unspecified atom stereocenters. The molecule has 1 aliphatic heterocycles. The lowest BCUT2D eigenvalue weighted by atomic mass is 10.1. The van der Waals surface area contributed by atoms with E-state index in [0.29, 0.717) is 12.3 Å². The average Bonchev–Trinajstić information content (AvgIpc) is 2.60. The van der Waals surface area contributed by atoms with Crippen molar-refractivity contribution in [1.82, 2.24) is 0 Å². The van der Waals surface area contributed by atoms with Crippen molar-refractivity contribution in [2.24, 2.45) is 0 Å². The van der Waals surface area contributed by atoms with E-state index in [9.17, 15) is 9.59 Å². The highest BCUT2D eigenvalue weighted by molar-refractivity contribution is 5.99. The van der Waals surface area contributed by atoms with Gasteiger partial charge in [-0.2, -0.15) is 0 Å². The van der Waals surface area contributed by atoms with Crippen LogP contribution in [0.3, 0.4) is 0 Å². The fourth-order valence-corrected chi connectivity index (χ4v) is 2.73. The van der Waals surface area contributed by atoms with Crippen LogP contribution in [-0.4, -0.2) is 32.0 Å². The van der Waals surface area contributed by atoms with Crippen LogP contribution in [0.5, 0.6) is 5.75 Å². The summed E-state index contributed by atoms with van der Waals surface area (Å²) in [5, 5.41) is 0. The van der Waals surface area contributed by atoms with Crippen LogP contribution in [0.1, 0.15) is 12.0 Å². The largest absolute Gasteiger partial charge is 0.482 e. The van der Waals surface area contributed by atoms with Gasteiger partial charge in [0.05, 0.1) is 5.69 Å². The summed E-state index contributed by atoms with van der Waals surface area (Å²) in [5.74, 6) is 0.530. The van der Waals surface area contributed by atoms with Gasteiger partial charge in [-0.25, -0.2) is 0 Å². The Morgan fingerprint density at radius 3 is 2.71 bits per heavy atom. The molecule has 2 amide bonds. The van der Waals surface area contributed by atoms with Crippen LogP contribution in [0.25, 0.3) is 0 Å². The third-order valence-corrected chi connectivity index (χ3v) is 4.12. The van der Waals surface area contributed by atoms with Gasteiger partial charge in [0, 0.05) is 25.7 Å². The summed E-state index contributed by atoms with van der Waals surface area (Å²) < 4.78 is 5.46. The summed E-state index contributed by atoms with van der Waals surface area (Å²) in [7, 11) is 1.75. The number of hydrogen-bond acceptors (Lipinski definition) is 3. The van der Waals surface area contributed by atoms with Gasteiger partial charge in [-0.15, -0.1) is 0 Å². The summed E-state index contributed by atoms with van der Waals surface area (Å²) in [5.41, 5.74) is 2.62. The predicted octanol–water partition coefficient (Wildman–Crippen LogP) is 2.77. The number of carbonyl (C=O) groups is 2. The molecule has 2 aromatic rings. The zero-order chi connectivity index (χ0) is 17.1. The third-order valence-electron chi connectivity index (χ3n) is 4.12. The minimum absolute atomic E-state index is 0.0127. The van der Waals surface area contributed by atoms with Crippen molar-refractivity contribution < 1.29 is 14.3 Å². The first-order chi connectivity index (χ1) is 11.6. The Labute approximate surface area is 141 Å². The monoisotopic (exact) mass is 324 g/mol. The molecule has 0 aromatic heterocycles. The molecule has 5 nitrogen and oxygen atoms in total. The van der Waals surface area contributed by atoms with Gasteiger partial charge in [0.25, 0.3) is 5.91 Å². The molecule has 0 radical (unpaired) electrons. The van der Waals surface area contributed by atoms with Gasteiger partial charge >= 0.3 is 0 Å². The second kappa shape index (κ2) is 6.74. The van der Waals surface area contributed by atoms with E-state index in [0.717, 1.165) is 16.9 Å². The van der Waals surface area contributed by atoms with Gasteiger partial charge < -0.3 is 14.5 Å². The number of carbonyl (C=O) groups excluding carboxylic acids is 2. The Bertz CT molecular complexity index is 758. The lowest BCUT2D eigenvalue weighted by Gasteiger charge is -2.30. The zero-order valence-corrected chi connectivity index (χ0v) is 13.9.